The van der Waals surface area contributed by atoms with Crippen LogP contribution in [0.2, 0.25) is 0 Å². The average Bonchev–Trinajstić information content (AvgIpc) is 2.59. The summed E-state index contributed by atoms with van der Waals surface area (Å²) in [6, 6.07) is 13.0. The maximum absolute atomic E-state index is 9.45. The van der Waals surface area contributed by atoms with Crippen LogP contribution in [-0.4, -0.2) is 49.9 Å². The summed E-state index contributed by atoms with van der Waals surface area (Å²) in [5.74, 6) is 0.884. The van der Waals surface area contributed by atoms with Gasteiger partial charge in [-0.2, -0.15) is 0 Å². The van der Waals surface area contributed by atoms with Gasteiger partial charge in [-0.3, -0.25) is 4.90 Å². The second kappa shape index (κ2) is 8.50. The van der Waals surface area contributed by atoms with E-state index in [9.17, 15) is 5.11 Å². The Kier molecular flexibility index (Phi) is 6.66. The number of aliphatic hydroxyl groups excluding tert-OH is 1. The van der Waals surface area contributed by atoms with Gasteiger partial charge in [0.1, 0.15) is 5.75 Å². The van der Waals surface area contributed by atoms with Crippen LogP contribution in [0.15, 0.2) is 36.4 Å². The molecular weight excluding hydrogens is 312 g/mol. The number of benzene rings is 2. The highest BCUT2D eigenvalue weighted by Gasteiger charge is 2.21. The molecule has 3 rings (SSSR count). The van der Waals surface area contributed by atoms with E-state index in [2.05, 4.69) is 40.5 Å². The van der Waals surface area contributed by atoms with Crippen molar-refractivity contribution in [2.75, 3.05) is 39.9 Å². The van der Waals surface area contributed by atoms with Crippen molar-refractivity contribution >= 4 is 23.2 Å². The van der Waals surface area contributed by atoms with E-state index in [0.717, 1.165) is 38.3 Å². The lowest BCUT2D eigenvalue weighted by atomic mass is 9.98. The van der Waals surface area contributed by atoms with Crippen molar-refractivity contribution in [3.63, 3.8) is 0 Å². The van der Waals surface area contributed by atoms with Crippen molar-refractivity contribution in [1.82, 2.24) is 10.2 Å². The fourth-order valence-electron chi connectivity index (χ4n) is 3.25. The molecule has 4 nitrogen and oxygen atoms in total. The standard InChI is InChI=1S/C18H24N2O2.ClH/c1-22-17-5-4-14-12-16(3-2-15(14)13-17)18(6-11-21)20-9-7-19-8-10-20;/h2-5,12-13,18-19,21H,6-11H2,1H3;1H/t18-;/m1./s1. The summed E-state index contributed by atoms with van der Waals surface area (Å²) in [5, 5.41) is 15.2. The van der Waals surface area contributed by atoms with E-state index >= 15 is 0 Å². The molecule has 2 N–H and O–H groups in total. The molecule has 0 aliphatic carbocycles. The number of aliphatic hydroxyl groups is 1. The first-order valence-electron chi connectivity index (χ1n) is 7.95. The van der Waals surface area contributed by atoms with Gasteiger partial charge in [0.05, 0.1) is 7.11 Å². The van der Waals surface area contributed by atoms with Gasteiger partial charge < -0.3 is 15.2 Å². The average molecular weight is 337 g/mol. The Morgan fingerprint density at radius 3 is 2.52 bits per heavy atom. The first-order chi connectivity index (χ1) is 10.8. The highest BCUT2D eigenvalue weighted by molar-refractivity contribution is 5.85. The molecule has 1 aliphatic rings. The predicted molar refractivity (Wildman–Crippen MR) is 96.6 cm³/mol. The van der Waals surface area contributed by atoms with Crippen LogP contribution in [-0.2, 0) is 0 Å². The third kappa shape index (κ3) is 4.15. The van der Waals surface area contributed by atoms with Crippen molar-refractivity contribution in [2.24, 2.45) is 0 Å². The molecule has 1 heterocycles. The van der Waals surface area contributed by atoms with E-state index in [1.165, 1.54) is 16.3 Å². The number of ether oxygens (including phenoxy) is 1. The van der Waals surface area contributed by atoms with Crippen LogP contribution in [0.25, 0.3) is 10.8 Å². The highest BCUT2D eigenvalue weighted by Crippen LogP contribution is 2.29. The Balaban J connectivity index is 0.00000192. The zero-order valence-corrected chi connectivity index (χ0v) is 14.3. The molecule has 2 aromatic carbocycles. The maximum atomic E-state index is 9.45. The van der Waals surface area contributed by atoms with Gasteiger partial charge in [-0.15, -0.1) is 12.4 Å². The molecule has 1 aliphatic heterocycles. The summed E-state index contributed by atoms with van der Waals surface area (Å²) in [6.45, 7) is 4.32. The van der Waals surface area contributed by atoms with Gasteiger partial charge in [0, 0.05) is 38.8 Å². The van der Waals surface area contributed by atoms with Crippen LogP contribution < -0.4 is 10.1 Å². The number of nitrogens with one attached hydrogen (secondary N) is 1. The van der Waals surface area contributed by atoms with Crippen molar-refractivity contribution in [3.8, 4) is 5.75 Å². The third-order valence-corrected chi connectivity index (χ3v) is 4.45. The number of piperazine rings is 1. The van der Waals surface area contributed by atoms with Crippen molar-refractivity contribution in [2.45, 2.75) is 12.5 Å². The monoisotopic (exact) mass is 336 g/mol. The van der Waals surface area contributed by atoms with Gasteiger partial charge in [-0.25, -0.2) is 0 Å². The summed E-state index contributed by atoms with van der Waals surface area (Å²) in [7, 11) is 1.69. The van der Waals surface area contributed by atoms with Crippen LogP contribution in [0.4, 0.5) is 0 Å². The second-order valence-corrected chi connectivity index (χ2v) is 5.79. The topological polar surface area (TPSA) is 44.7 Å². The fraction of sp³-hybridized carbons (Fsp3) is 0.444. The lowest BCUT2D eigenvalue weighted by molar-refractivity contribution is 0.141. The van der Waals surface area contributed by atoms with Crippen molar-refractivity contribution in [1.29, 1.82) is 0 Å². The molecule has 1 atom stereocenters. The summed E-state index contributed by atoms with van der Waals surface area (Å²) >= 11 is 0. The Morgan fingerprint density at radius 1 is 1.13 bits per heavy atom. The van der Waals surface area contributed by atoms with Gasteiger partial charge >= 0.3 is 0 Å². The van der Waals surface area contributed by atoms with Crippen LogP contribution in [0.5, 0.6) is 5.75 Å². The molecule has 0 radical (unpaired) electrons. The summed E-state index contributed by atoms with van der Waals surface area (Å²) < 4.78 is 5.29. The summed E-state index contributed by atoms with van der Waals surface area (Å²) in [5.41, 5.74) is 1.29. The van der Waals surface area contributed by atoms with E-state index in [-0.39, 0.29) is 19.0 Å². The van der Waals surface area contributed by atoms with Gasteiger partial charge in [-0.05, 0) is 41.0 Å². The van der Waals surface area contributed by atoms with Crippen LogP contribution in [0.3, 0.4) is 0 Å². The minimum Gasteiger partial charge on any atom is -0.497 e. The molecule has 0 aromatic heterocycles. The Morgan fingerprint density at radius 2 is 1.83 bits per heavy atom. The summed E-state index contributed by atoms with van der Waals surface area (Å²) in [4.78, 5) is 2.47. The zero-order valence-electron chi connectivity index (χ0n) is 13.5. The molecule has 0 spiro atoms. The SMILES string of the molecule is COc1ccc2cc([C@@H](CCO)N3CCNCC3)ccc2c1.Cl. The molecule has 0 amide bonds. The minimum absolute atomic E-state index is 0. The highest BCUT2D eigenvalue weighted by atomic mass is 35.5. The molecule has 23 heavy (non-hydrogen) atoms. The Hall–Kier alpha value is -1.33. The van der Waals surface area contributed by atoms with Crippen LogP contribution >= 0.6 is 12.4 Å². The molecule has 1 fully saturated rings. The molecule has 0 unspecified atom stereocenters. The van der Waals surface area contributed by atoms with E-state index in [1.807, 2.05) is 6.07 Å². The molecule has 2 aromatic rings. The van der Waals surface area contributed by atoms with Crippen molar-refractivity contribution in [3.05, 3.63) is 42.0 Å². The number of hydrogen-bond acceptors (Lipinski definition) is 4. The molecule has 126 valence electrons. The van der Waals surface area contributed by atoms with Crippen LogP contribution in [0, 0.1) is 0 Å². The van der Waals surface area contributed by atoms with Crippen molar-refractivity contribution < 1.29 is 9.84 Å². The van der Waals surface area contributed by atoms with Gasteiger partial charge in [0.25, 0.3) is 0 Å². The number of halogens is 1. The maximum Gasteiger partial charge on any atom is 0.119 e. The first kappa shape index (κ1) is 18.0. The number of hydrogen-bond donors (Lipinski definition) is 2. The quantitative estimate of drug-likeness (QED) is 0.881. The largest absolute Gasteiger partial charge is 0.497 e. The van der Waals surface area contributed by atoms with Crippen LogP contribution in [0.1, 0.15) is 18.0 Å². The van der Waals surface area contributed by atoms with E-state index < -0.39 is 0 Å². The number of rotatable bonds is 5. The lowest BCUT2D eigenvalue weighted by Crippen LogP contribution is -2.45. The zero-order chi connectivity index (χ0) is 15.4. The summed E-state index contributed by atoms with van der Waals surface area (Å²) in [6.07, 6.45) is 0.779. The fourth-order valence-corrected chi connectivity index (χ4v) is 3.25. The normalized spacial score (nSPS) is 16.8. The van der Waals surface area contributed by atoms with E-state index in [1.54, 1.807) is 7.11 Å². The van der Waals surface area contributed by atoms with Gasteiger partial charge in [0.2, 0.25) is 0 Å². The van der Waals surface area contributed by atoms with E-state index in [4.69, 9.17) is 4.74 Å². The van der Waals surface area contributed by atoms with Gasteiger partial charge in [0.15, 0.2) is 0 Å². The Labute approximate surface area is 143 Å². The van der Waals surface area contributed by atoms with Gasteiger partial charge in [-0.1, -0.05) is 18.2 Å². The molecular formula is C18H25ClN2O2. The lowest BCUT2D eigenvalue weighted by Gasteiger charge is -2.35. The number of methoxy groups -OCH3 is 1. The molecule has 1 saturated heterocycles. The second-order valence-electron chi connectivity index (χ2n) is 5.79. The Bertz CT molecular complexity index is 629. The van der Waals surface area contributed by atoms with E-state index in [0.29, 0.717) is 6.04 Å². The molecule has 0 saturated carbocycles. The third-order valence-electron chi connectivity index (χ3n) is 4.45. The molecule has 5 heteroatoms. The minimum atomic E-state index is 0. The number of fused-ring (bicyclic) bond motifs is 1. The molecule has 0 bridgehead atoms. The predicted octanol–water partition coefficient (Wildman–Crippen LogP) is 2.60. The smallest absolute Gasteiger partial charge is 0.119 e. The first-order valence-corrected chi connectivity index (χ1v) is 7.95. The number of nitrogens with zero attached hydrogens (tertiary/aromatic N) is 1.